The van der Waals surface area contributed by atoms with Crippen LogP contribution in [0, 0.1) is 0 Å². The second kappa shape index (κ2) is 16.0. The topological polar surface area (TPSA) is 126 Å². The third-order valence-electron chi connectivity index (χ3n) is 6.69. The average Bonchev–Trinajstić information content (AvgIpc) is 2.93. The van der Waals surface area contributed by atoms with Crippen molar-refractivity contribution < 1.29 is 33.4 Å². The van der Waals surface area contributed by atoms with E-state index in [2.05, 4.69) is 10.2 Å². The highest BCUT2D eigenvalue weighted by molar-refractivity contribution is 6.03. The quantitative estimate of drug-likeness (QED) is 0.272. The zero-order valence-electron chi connectivity index (χ0n) is 24.4. The summed E-state index contributed by atoms with van der Waals surface area (Å²) in [4.78, 5) is 65.5. The van der Waals surface area contributed by atoms with Crippen molar-refractivity contribution in [2.24, 2.45) is 0 Å². The molecule has 2 rings (SSSR count). The van der Waals surface area contributed by atoms with Crippen LogP contribution in [0.3, 0.4) is 0 Å². The van der Waals surface area contributed by atoms with E-state index in [1.165, 1.54) is 31.1 Å². The van der Waals surface area contributed by atoms with Crippen LogP contribution in [-0.2, 0) is 14.3 Å². The highest BCUT2D eigenvalue weighted by Gasteiger charge is 2.28. The minimum atomic E-state index is -0.841. The predicted molar refractivity (Wildman–Crippen MR) is 151 cm³/mol. The van der Waals surface area contributed by atoms with Crippen molar-refractivity contribution in [2.75, 3.05) is 53.4 Å². The molecule has 11 heteroatoms. The largest absolute Gasteiger partial charge is 0.494 e. The number of ether oxygens (including phenoxy) is 2. The normalized spacial score (nSPS) is 14.7. The van der Waals surface area contributed by atoms with Gasteiger partial charge in [-0.15, -0.1) is 0 Å². The number of rotatable bonds is 14. The fourth-order valence-corrected chi connectivity index (χ4v) is 4.42. The standard InChI is InChI=1S/C29H44N4O7/c1-29(2,3)40-28(38)33-16-14-32(15-17-33)13-7-6-8-19-39-23-12-11-22(21-35)24(20-23)27(37)31(5)25(10-9-18-34)26(36)30-4/h11-12,18,20-21,25H,6-10,13-17,19H2,1-5H3,(H,30,36). The lowest BCUT2D eigenvalue weighted by atomic mass is 10.0. The number of carbonyl (C=O) groups is 5. The Balaban J connectivity index is 1.81. The number of nitrogens with zero attached hydrogens (tertiary/aromatic N) is 3. The summed E-state index contributed by atoms with van der Waals surface area (Å²) < 4.78 is 11.3. The smallest absolute Gasteiger partial charge is 0.410 e. The Labute approximate surface area is 237 Å². The van der Waals surface area contributed by atoms with Crippen LogP contribution >= 0.6 is 0 Å². The lowest BCUT2D eigenvalue weighted by molar-refractivity contribution is -0.125. The summed E-state index contributed by atoms with van der Waals surface area (Å²) in [7, 11) is 2.94. The minimum Gasteiger partial charge on any atom is -0.494 e. The van der Waals surface area contributed by atoms with Crippen molar-refractivity contribution in [1.29, 1.82) is 0 Å². The van der Waals surface area contributed by atoms with Crippen molar-refractivity contribution in [1.82, 2.24) is 20.0 Å². The number of amides is 3. The van der Waals surface area contributed by atoms with E-state index in [4.69, 9.17) is 9.47 Å². The highest BCUT2D eigenvalue weighted by Crippen LogP contribution is 2.21. The number of piperazine rings is 1. The van der Waals surface area contributed by atoms with E-state index in [0.717, 1.165) is 38.9 Å². The third kappa shape index (κ3) is 10.3. The Morgan fingerprint density at radius 3 is 2.38 bits per heavy atom. The third-order valence-corrected chi connectivity index (χ3v) is 6.69. The van der Waals surface area contributed by atoms with Gasteiger partial charge in [-0.3, -0.25) is 19.3 Å². The highest BCUT2D eigenvalue weighted by atomic mass is 16.6. The summed E-state index contributed by atoms with van der Waals surface area (Å²) in [6.45, 7) is 9.95. The molecule has 222 valence electrons. The van der Waals surface area contributed by atoms with E-state index in [-0.39, 0.29) is 36.0 Å². The molecule has 3 amide bonds. The maximum Gasteiger partial charge on any atom is 0.410 e. The Morgan fingerprint density at radius 1 is 1.07 bits per heavy atom. The molecule has 1 aliphatic heterocycles. The van der Waals surface area contributed by atoms with Crippen molar-refractivity contribution in [3.63, 3.8) is 0 Å². The van der Waals surface area contributed by atoms with E-state index in [1.807, 2.05) is 20.8 Å². The summed E-state index contributed by atoms with van der Waals surface area (Å²) in [5.41, 5.74) is -0.157. The van der Waals surface area contributed by atoms with Crippen molar-refractivity contribution in [2.45, 2.75) is 64.5 Å². The molecular weight excluding hydrogens is 516 g/mol. The number of benzene rings is 1. The molecule has 1 unspecified atom stereocenters. The molecule has 1 aromatic rings. The number of nitrogens with one attached hydrogen (secondary N) is 1. The molecule has 0 aromatic heterocycles. The van der Waals surface area contributed by atoms with Crippen LogP contribution in [0.4, 0.5) is 4.79 Å². The molecule has 1 aromatic carbocycles. The molecule has 1 fully saturated rings. The number of aldehydes is 2. The summed E-state index contributed by atoms with van der Waals surface area (Å²) >= 11 is 0. The monoisotopic (exact) mass is 560 g/mol. The molecule has 1 heterocycles. The van der Waals surface area contributed by atoms with Crippen LogP contribution in [0.1, 0.15) is 73.6 Å². The van der Waals surface area contributed by atoms with Crippen molar-refractivity contribution in [3.05, 3.63) is 29.3 Å². The van der Waals surface area contributed by atoms with Crippen LogP contribution < -0.4 is 10.1 Å². The Morgan fingerprint density at radius 2 is 1.77 bits per heavy atom. The first kappa shape index (κ1) is 32.7. The van der Waals surface area contributed by atoms with Crippen LogP contribution in [0.15, 0.2) is 18.2 Å². The van der Waals surface area contributed by atoms with Crippen LogP contribution in [-0.4, -0.2) is 110 Å². The predicted octanol–water partition coefficient (Wildman–Crippen LogP) is 2.77. The van der Waals surface area contributed by atoms with Gasteiger partial charge in [0.1, 0.15) is 23.7 Å². The average molecular weight is 561 g/mol. The molecule has 11 nitrogen and oxygen atoms in total. The Kier molecular flexibility index (Phi) is 13.1. The van der Waals surface area contributed by atoms with Crippen LogP contribution in [0.25, 0.3) is 0 Å². The molecule has 1 saturated heterocycles. The van der Waals surface area contributed by atoms with Gasteiger partial charge in [0.2, 0.25) is 5.91 Å². The van der Waals surface area contributed by atoms with Crippen molar-refractivity contribution in [3.8, 4) is 5.75 Å². The van der Waals surface area contributed by atoms with Gasteiger partial charge in [-0.05, 0) is 71.2 Å². The van der Waals surface area contributed by atoms with E-state index < -0.39 is 17.6 Å². The zero-order chi connectivity index (χ0) is 29.7. The first-order valence-electron chi connectivity index (χ1n) is 13.9. The number of carbonyl (C=O) groups excluding carboxylic acids is 5. The van der Waals surface area contributed by atoms with E-state index in [9.17, 15) is 24.0 Å². The molecule has 1 atom stereocenters. The molecule has 0 spiro atoms. The fourth-order valence-electron chi connectivity index (χ4n) is 4.42. The molecule has 0 aliphatic carbocycles. The Hall–Kier alpha value is -3.47. The van der Waals surface area contributed by atoms with Gasteiger partial charge in [-0.2, -0.15) is 0 Å². The number of unbranched alkanes of at least 4 members (excludes halogenated alkanes) is 2. The van der Waals surface area contributed by atoms with Gasteiger partial charge in [0.15, 0.2) is 6.29 Å². The van der Waals surface area contributed by atoms with Gasteiger partial charge >= 0.3 is 6.09 Å². The first-order chi connectivity index (χ1) is 19.0. The summed E-state index contributed by atoms with van der Waals surface area (Å²) in [5, 5.41) is 2.51. The van der Waals surface area contributed by atoms with Gasteiger partial charge in [0.25, 0.3) is 5.91 Å². The van der Waals surface area contributed by atoms with Gasteiger partial charge in [0.05, 0.1) is 12.2 Å². The van der Waals surface area contributed by atoms with Gasteiger partial charge in [-0.25, -0.2) is 4.79 Å². The zero-order valence-corrected chi connectivity index (χ0v) is 24.4. The fraction of sp³-hybridized carbons (Fsp3) is 0.621. The van der Waals surface area contributed by atoms with E-state index >= 15 is 0 Å². The van der Waals surface area contributed by atoms with Crippen molar-refractivity contribution >= 4 is 30.5 Å². The molecule has 0 saturated carbocycles. The van der Waals surface area contributed by atoms with E-state index in [0.29, 0.717) is 38.0 Å². The second-order valence-electron chi connectivity index (χ2n) is 10.9. The molecule has 40 heavy (non-hydrogen) atoms. The number of likely N-dealkylation sites (N-methyl/N-ethyl adjacent to an activating group) is 2. The molecule has 0 radical (unpaired) electrons. The molecular formula is C29H44N4O7. The first-order valence-corrected chi connectivity index (χ1v) is 13.9. The van der Waals surface area contributed by atoms with E-state index in [1.54, 1.807) is 11.0 Å². The molecule has 1 aliphatic rings. The van der Waals surface area contributed by atoms with Gasteiger partial charge < -0.3 is 29.4 Å². The lowest BCUT2D eigenvalue weighted by Gasteiger charge is -2.35. The Bertz CT molecular complexity index is 1020. The van der Waals surface area contributed by atoms with Gasteiger partial charge in [0, 0.05) is 52.3 Å². The summed E-state index contributed by atoms with van der Waals surface area (Å²) in [6, 6.07) is 3.86. The molecule has 1 N–H and O–H groups in total. The maximum absolute atomic E-state index is 13.2. The molecule has 0 bridgehead atoms. The second-order valence-corrected chi connectivity index (χ2v) is 10.9. The number of hydrogen-bond acceptors (Lipinski definition) is 8. The SMILES string of the molecule is CNC(=O)C(CCC=O)N(C)C(=O)c1cc(OCCCCCN2CCN(C(=O)OC(C)(C)C)CC2)ccc1C=O. The van der Waals surface area contributed by atoms with Crippen LogP contribution in [0.2, 0.25) is 0 Å². The maximum atomic E-state index is 13.2. The van der Waals surface area contributed by atoms with Gasteiger partial charge in [-0.1, -0.05) is 0 Å². The number of hydrogen-bond donors (Lipinski definition) is 1. The summed E-state index contributed by atoms with van der Waals surface area (Å²) in [6.07, 6.45) is 4.12. The summed E-state index contributed by atoms with van der Waals surface area (Å²) in [5.74, 6) is -0.425. The van der Waals surface area contributed by atoms with Crippen LogP contribution in [0.5, 0.6) is 5.75 Å². The minimum absolute atomic E-state index is 0.127. The lowest BCUT2D eigenvalue weighted by Crippen LogP contribution is -2.50.